The molecule has 0 amide bonds. The van der Waals surface area contributed by atoms with Crippen LogP contribution in [-0.4, -0.2) is 5.78 Å². The number of halogens is 1. The third kappa shape index (κ3) is 2.06. The molecule has 0 bridgehead atoms. The predicted octanol–water partition coefficient (Wildman–Crippen LogP) is 3.68. The summed E-state index contributed by atoms with van der Waals surface area (Å²) < 4.78 is 1.07. The van der Waals surface area contributed by atoms with Crippen LogP contribution >= 0.6 is 15.9 Å². The van der Waals surface area contributed by atoms with Gasteiger partial charge in [0.05, 0.1) is 0 Å². The Hall–Kier alpha value is -0.630. The summed E-state index contributed by atoms with van der Waals surface area (Å²) in [5.74, 6) is 0.579. The standard InChI is InChI=1S/C12H13BrO/c13-10-7-5-9(6-8-10)11-3-1-2-4-12(11)14/h5-8,11H,1-4H2. The van der Waals surface area contributed by atoms with Gasteiger partial charge >= 0.3 is 0 Å². The minimum atomic E-state index is 0.164. The van der Waals surface area contributed by atoms with E-state index < -0.39 is 0 Å². The number of carbonyl (C=O) groups is 1. The molecule has 0 N–H and O–H groups in total. The molecule has 1 unspecified atom stereocenters. The van der Waals surface area contributed by atoms with E-state index in [0.717, 1.165) is 23.7 Å². The molecule has 1 fully saturated rings. The lowest BCUT2D eigenvalue weighted by molar-refractivity contribution is -0.121. The molecule has 0 radical (unpaired) electrons. The van der Waals surface area contributed by atoms with Crippen molar-refractivity contribution in [3.63, 3.8) is 0 Å². The van der Waals surface area contributed by atoms with Crippen LogP contribution in [0.1, 0.15) is 37.2 Å². The molecule has 74 valence electrons. The van der Waals surface area contributed by atoms with Crippen LogP contribution in [0, 0.1) is 0 Å². The van der Waals surface area contributed by atoms with E-state index in [1.165, 1.54) is 12.0 Å². The first-order valence-electron chi connectivity index (χ1n) is 5.05. The summed E-state index contributed by atoms with van der Waals surface area (Å²) in [7, 11) is 0. The number of Topliss-reactive ketones (excluding diaryl/α,β-unsaturated/α-hetero) is 1. The predicted molar refractivity (Wildman–Crippen MR) is 60.4 cm³/mol. The average Bonchev–Trinajstić information content (AvgIpc) is 2.20. The fourth-order valence-corrected chi connectivity index (χ4v) is 2.29. The molecule has 1 aromatic rings. The Bertz CT molecular complexity index is 329. The Labute approximate surface area is 92.6 Å². The van der Waals surface area contributed by atoms with Crippen LogP contribution in [0.25, 0.3) is 0 Å². The van der Waals surface area contributed by atoms with E-state index in [1.54, 1.807) is 0 Å². The van der Waals surface area contributed by atoms with Gasteiger partial charge in [0.15, 0.2) is 0 Å². The molecule has 0 aliphatic heterocycles. The van der Waals surface area contributed by atoms with Gasteiger partial charge in [0, 0.05) is 16.8 Å². The van der Waals surface area contributed by atoms with Crippen molar-refractivity contribution in [3.05, 3.63) is 34.3 Å². The molecule has 14 heavy (non-hydrogen) atoms. The second-order valence-corrected chi connectivity index (χ2v) is 4.73. The quantitative estimate of drug-likeness (QED) is 0.746. The van der Waals surface area contributed by atoms with E-state index in [-0.39, 0.29) is 5.92 Å². The zero-order valence-corrected chi connectivity index (χ0v) is 9.59. The molecular weight excluding hydrogens is 240 g/mol. The van der Waals surface area contributed by atoms with Crippen molar-refractivity contribution in [2.75, 3.05) is 0 Å². The third-order valence-corrected chi connectivity index (χ3v) is 3.36. The number of ketones is 1. The Morgan fingerprint density at radius 2 is 1.86 bits per heavy atom. The van der Waals surface area contributed by atoms with E-state index in [4.69, 9.17) is 0 Å². The van der Waals surface area contributed by atoms with Gasteiger partial charge in [-0.2, -0.15) is 0 Å². The van der Waals surface area contributed by atoms with Crippen LogP contribution in [0.2, 0.25) is 0 Å². The molecule has 1 saturated carbocycles. The van der Waals surface area contributed by atoms with Crippen molar-refractivity contribution < 1.29 is 4.79 Å². The zero-order chi connectivity index (χ0) is 9.97. The maximum absolute atomic E-state index is 11.7. The maximum Gasteiger partial charge on any atom is 0.140 e. The topological polar surface area (TPSA) is 17.1 Å². The van der Waals surface area contributed by atoms with Gasteiger partial charge in [-0.15, -0.1) is 0 Å². The summed E-state index contributed by atoms with van der Waals surface area (Å²) in [5, 5.41) is 0. The Morgan fingerprint density at radius 3 is 2.50 bits per heavy atom. The second kappa shape index (κ2) is 4.26. The fraction of sp³-hybridized carbons (Fsp3) is 0.417. The van der Waals surface area contributed by atoms with Crippen molar-refractivity contribution in [2.24, 2.45) is 0 Å². The van der Waals surface area contributed by atoms with Gasteiger partial charge in [-0.25, -0.2) is 0 Å². The van der Waals surface area contributed by atoms with E-state index in [0.29, 0.717) is 5.78 Å². The molecule has 1 aliphatic rings. The van der Waals surface area contributed by atoms with Crippen LogP contribution in [0.3, 0.4) is 0 Å². The molecular formula is C12H13BrO. The van der Waals surface area contributed by atoms with Crippen molar-refractivity contribution in [3.8, 4) is 0 Å². The van der Waals surface area contributed by atoms with Gasteiger partial charge in [-0.3, -0.25) is 4.79 Å². The summed E-state index contributed by atoms with van der Waals surface area (Å²) in [6, 6.07) is 8.13. The number of hydrogen-bond donors (Lipinski definition) is 0. The first-order valence-corrected chi connectivity index (χ1v) is 5.85. The third-order valence-electron chi connectivity index (χ3n) is 2.83. The summed E-state index contributed by atoms with van der Waals surface area (Å²) >= 11 is 3.40. The van der Waals surface area contributed by atoms with Crippen molar-refractivity contribution >= 4 is 21.7 Å². The second-order valence-electron chi connectivity index (χ2n) is 3.82. The summed E-state index contributed by atoms with van der Waals surface area (Å²) in [4.78, 5) is 11.7. The normalized spacial score (nSPS) is 22.4. The first-order chi connectivity index (χ1) is 6.77. The number of rotatable bonds is 1. The molecule has 0 heterocycles. The smallest absolute Gasteiger partial charge is 0.140 e. The van der Waals surface area contributed by atoms with Gasteiger partial charge in [0.1, 0.15) is 5.78 Å². The van der Waals surface area contributed by atoms with E-state index in [1.807, 2.05) is 12.1 Å². The van der Waals surface area contributed by atoms with Crippen LogP contribution in [0.5, 0.6) is 0 Å². The highest BCUT2D eigenvalue weighted by Gasteiger charge is 2.23. The van der Waals surface area contributed by atoms with Gasteiger partial charge < -0.3 is 0 Å². The Balaban J connectivity index is 2.20. The van der Waals surface area contributed by atoms with Crippen LogP contribution in [-0.2, 0) is 4.79 Å². The average molecular weight is 253 g/mol. The van der Waals surface area contributed by atoms with Crippen molar-refractivity contribution in [1.82, 2.24) is 0 Å². The molecule has 1 aliphatic carbocycles. The SMILES string of the molecule is O=C1CCCCC1c1ccc(Br)cc1. The Morgan fingerprint density at radius 1 is 1.14 bits per heavy atom. The molecule has 1 atom stereocenters. The minimum absolute atomic E-state index is 0.164. The molecule has 0 aromatic heterocycles. The lowest BCUT2D eigenvalue weighted by atomic mass is 9.83. The molecule has 1 aromatic carbocycles. The monoisotopic (exact) mass is 252 g/mol. The van der Waals surface area contributed by atoms with Crippen LogP contribution < -0.4 is 0 Å². The molecule has 1 nitrogen and oxygen atoms in total. The maximum atomic E-state index is 11.7. The highest BCUT2D eigenvalue weighted by Crippen LogP contribution is 2.30. The van der Waals surface area contributed by atoms with E-state index in [2.05, 4.69) is 28.1 Å². The summed E-state index contributed by atoms with van der Waals surface area (Å²) in [6.07, 6.45) is 4.06. The minimum Gasteiger partial charge on any atom is -0.299 e. The molecule has 0 spiro atoms. The van der Waals surface area contributed by atoms with E-state index >= 15 is 0 Å². The van der Waals surface area contributed by atoms with E-state index in [9.17, 15) is 4.79 Å². The lowest BCUT2D eigenvalue weighted by Gasteiger charge is -2.20. The number of carbonyl (C=O) groups excluding carboxylic acids is 1. The van der Waals surface area contributed by atoms with Gasteiger partial charge in [0.25, 0.3) is 0 Å². The number of hydrogen-bond acceptors (Lipinski definition) is 1. The highest BCUT2D eigenvalue weighted by atomic mass is 79.9. The summed E-state index contributed by atoms with van der Waals surface area (Å²) in [6.45, 7) is 0. The largest absolute Gasteiger partial charge is 0.299 e. The first kappa shape index (κ1) is 9.91. The van der Waals surface area contributed by atoms with Crippen LogP contribution in [0.4, 0.5) is 0 Å². The van der Waals surface area contributed by atoms with Gasteiger partial charge in [0.2, 0.25) is 0 Å². The van der Waals surface area contributed by atoms with Crippen molar-refractivity contribution in [2.45, 2.75) is 31.6 Å². The fourth-order valence-electron chi connectivity index (χ4n) is 2.03. The lowest BCUT2D eigenvalue weighted by Crippen LogP contribution is -2.16. The molecule has 0 saturated heterocycles. The van der Waals surface area contributed by atoms with Crippen LogP contribution in [0.15, 0.2) is 28.7 Å². The molecule has 2 heteroatoms. The van der Waals surface area contributed by atoms with Gasteiger partial charge in [-0.1, -0.05) is 34.5 Å². The van der Waals surface area contributed by atoms with Gasteiger partial charge in [-0.05, 0) is 30.5 Å². The Kier molecular flexibility index (Phi) is 3.02. The summed E-state index contributed by atoms with van der Waals surface area (Å²) in [5.41, 5.74) is 1.18. The van der Waals surface area contributed by atoms with Crippen molar-refractivity contribution in [1.29, 1.82) is 0 Å². The number of benzene rings is 1. The zero-order valence-electron chi connectivity index (χ0n) is 8.00. The molecule has 2 rings (SSSR count). The highest BCUT2D eigenvalue weighted by molar-refractivity contribution is 9.10.